The molecule has 4 nitrogen and oxygen atoms in total. The lowest BCUT2D eigenvalue weighted by Gasteiger charge is -2.18. The molecule has 1 saturated carbocycles. The van der Waals surface area contributed by atoms with Crippen LogP contribution in [0.5, 0.6) is 0 Å². The molecule has 1 atom stereocenters. The monoisotopic (exact) mass is 268 g/mol. The molecule has 0 saturated heterocycles. The summed E-state index contributed by atoms with van der Waals surface area (Å²) >= 11 is 1.32. The van der Waals surface area contributed by atoms with Gasteiger partial charge < -0.3 is 9.67 Å². The van der Waals surface area contributed by atoms with E-state index >= 15 is 0 Å². The normalized spacial score (nSPS) is 16.8. The van der Waals surface area contributed by atoms with Crippen molar-refractivity contribution in [2.24, 2.45) is 5.92 Å². The Hall–Kier alpha value is -0.970. The molecule has 1 aromatic heterocycles. The van der Waals surface area contributed by atoms with E-state index in [1.54, 1.807) is 0 Å². The lowest BCUT2D eigenvalue weighted by Crippen LogP contribution is -2.10. The van der Waals surface area contributed by atoms with E-state index < -0.39 is 5.97 Å². The second-order valence-electron chi connectivity index (χ2n) is 5.00. The number of hydrogen-bond acceptors (Lipinski definition) is 3. The van der Waals surface area contributed by atoms with Crippen molar-refractivity contribution in [3.8, 4) is 0 Å². The van der Waals surface area contributed by atoms with Gasteiger partial charge in [-0.3, -0.25) is 4.79 Å². The molecule has 100 valence electrons. The topological polar surface area (TPSA) is 55.1 Å². The predicted octanol–water partition coefficient (Wildman–Crippen LogP) is 3.12. The van der Waals surface area contributed by atoms with Crippen molar-refractivity contribution < 1.29 is 9.90 Å². The largest absolute Gasteiger partial charge is 0.481 e. The van der Waals surface area contributed by atoms with Crippen LogP contribution in [-0.4, -0.2) is 26.4 Å². The van der Waals surface area contributed by atoms with Gasteiger partial charge in [0.1, 0.15) is 0 Å². The minimum absolute atomic E-state index is 0.0797. The number of aromatic nitrogens is 2. The van der Waals surface area contributed by atoms with Gasteiger partial charge in [-0.05, 0) is 25.7 Å². The fourth-order valence-electron chi connectivity index (χ4n) is 2.20. The van der Waals surface area contributed by atoms with Gasteiger partial charge in [-0.2, -0.15) is 0 Å². The zero-order chi connectivity index (χ0) is 13.1. The molecule has 2 rings (SSSR count). The number of nitrogens with zero attached hydrogens (tertiary/aromatic N) is 2. The molecule has 1 aliphatic carbocycles. The molecule has 1 unspecified atom stereocenters. The zero-order valence-corrected chi connectivity index (χ0v) is 11.7. The fourth-order valence-corrected chi connectivity index (χ4v) is 3.02. The van der Waals surface area contributed by atoms with Crippen molar-refractivity contribution in [1.29, 1.82) is 0 Å². The summed E-state index contributed by atoms with van der Waals surface area (Å²) in [7, 11) is 0. The van der Waals surface area contributed by atoms with Crippen molar-refractivity contribution in [3.05, 3.63) is 11.9 Å². The molecule has 0 amide bonds. The molecule has 0 spiro atoms. The quantitative estimate of drug-likeness (QED) is 0.772. The van der Waals surface area contributed by atoms with Crippen molar-refractivity contribution in [3.63, 3.8) is 0 Å². The van der Waals surface area contributed by atoms with Crippen molar-refractivity contribution in [2.45, 2.75) is 50.7 Å². The van der Waals surface area contributed by atoms with Gasteiger partial charge in [-0.25, -0.2) is 4.98 Å². The number of rotatable bonds is 7. The first kappa shape index (κ1) is 13.5. The second-order valence-corrected chi connectivity index (χ2v) is 5.94. The van der Waals surface area contributed by atoms with E-state index in [0.717, 1.165) is 23.2 Å². The van der Waals surface area contributed by atoms with Gasteiger partial charge in [0.05, 0.1) is 11.4 Å². The number of aryl methyl sites for hydroxylation is 1. The minimum atomic E-state index is -0.789. The van der Waals surface area contributed by atoms with Gasteiger partial charge in [0, 0.05) is 12.2 Å². The SMILES string of the molecule is CCC(CC1CC1)n1cc(C)nc1SCC(=O)O. The number of thioether (sulfide) groups is 1. The van der Waals surface area contributed by atoms with Crippen LogP contribution >= 0.6 is 11.8 Å². The summed E-state index contributed by atoms with van der Waals surface area (Å²) in [4.78, 5) is 15.1. The molecule has 0 radical (unpaired) electrons. The van der Waals surface area contributed by atoms with E-state index in [0.29, 0.717) is 6.04 Å². The Morgan fingerprint density at radius 3 is 2.94 bits per heavy atom. The molecule has 0 bridgehead atoms. The van der Waals surface area contributed by atoms with Gasteiger partial charge in [0.25, 0.3) is 0 Å². The van der Waals surface area contributed by atoms with Gasteiger partial charge in [0.2, 0.25) is 0 Å². The third kappa shape index (κ3) is 3.51. The lowest BCUT2D eigenvalue weighted by molar-refractivity contribution is -0.133. The van der Waals surface area contributed by atoms with E-state index in [-0.39, 0.29) is 5.75 Å². The van der Waals surface area contributed by atoms with Crippen molar-refractivity contribution >= 4 is 17.7 Å². The third-order valence-electron chi connectivity index (χ3n) is 3.31. The summed E-state index contributed by atoms with van der Waals surface area (Å²) in [5, 5.41) is 9.62. The third-order valence-corrected chi connectivity index (χ3v) is 4.26. The fraction of sp³-hybridized carbons (Fsp3) is 0.692. The zero-order valence-electron chi connectivity index (χ0n) is 10.9. The number of hydrogen-bond donors (Lipinski definition) is 1. The van der Waals surface area contributed by atoms with Crippen LogP contribution < -0.4 is 0 Å². The number of carboxylic acids is 1. The Morgan fingerprint density at radius 2 is 2.39 bits per heavy atom. The van der Waals surface area contributed by atoms with Crippen LogP contribution in [0.15, 0.2) is 11.4 Å². The maximum absolute atomic E-state index is 10.7. The molecule has 18 heavy (non-hydrogen) atoms. The average Bonchev–Trinajstić information content (AvgIpc) is 3.06. The summed E-state index contributed by atoms with van der Waals surface area (Å²) in [6.07, 6.45) is 7.03. The molecule has 1 N–H and O–H groups in total. The Morgan fingerprint density at radius 1 is 1.67 bits per heavy atom. The van der Waals surface area contributed by atoms with E-state index in [4.69, 9.17) is 5.11 Å². The highest BCUT2D eigenvalue weighted by atomic mass is 32.2. The number of aliphatic carboxylic acids is 1. The summed E-state index contributed by atoms with van der Waals surface area (Å²) in [5.74, 6) is 0.161. The number of carboxylic acid groups (broad SMARTS) is 1. The first-order chi connectivity index (χ1) is 8.60. The maximum atomic E-state index is 10.7. The Balaban J connectivity index is 2.10. The smallest absolute Gasteiger partial charge is 0.313 e. The van der Waals surface area contributed by atoms with Gasteiger partial charge >= 0.3 is 5.97 Å². The van der Waals surface area contributed by atoms with E-state index in [1.165, 1.54) is 31.0 Å². The van der Waals surface area contributed by atoms with E-state index in [1.807, 2.05) is 6.92 Å². The molecule has 5 heteroatoms. The molecule has 1 heterocycles. The molecular weight excluding hydrogens is 248 g/mol. The van der Waals surface area contributed by atoms with Gasteiger partial charge in [0.15, 0.2) is 5.16 Å². The van der Waals surface area contributed by atoms with Crippen molar-refractivity contribution in [2.75, 3.05) is 5.75 Å². The Kier molecular flexibility index (Phi) is 4.32. The standard InChI is InChI=1S/C13H20N2O2S/c1-3-11(6-10-4-5-10)15-7-9(2)14-13(15)18-8-12(16)17/h7,10-11H,3-6,8H2,1-2H3,(H,16,17). The average molecular weight is 268 g/mol. The van der Waals surface area contributed by atoms with Crippen LogP contribution in [-0.2, 0) is 4.79 Å². The van der Waals surface area contributed by atoms with Crippen LogP contribution in [0.4, 0.5) is 0 Å². The van der Waals surface area contributed by atoms with Crippen LogP contribution in [0.1, 0.15) is 44.3 Å². The molecule has 1 aromatic rings. The highest BCUT2D eigenvalue weighted by Crippen LogP contribution is 2.39. The van der Waals surface area contributed by atoms with Gasteiger partial charge in [-0.1, -0.05) is 31.5 Å². The summed E-state index contributed by atoms with van der Waals surface area (Å²) < 4.78 is 2.18. The van der Waals surface area contributed by atoms with Crippen LogP contribution in [0.25, 0.3) is 0 Å². The first-order valence-corrected chi connectivity index (χ1v) is 7.48. The predicted molar refractivity (Wildman–Crippen MR) is 72.0 cm³/mol. The number of carbonyl (C=O) groups is 1. The van der Waals surface area contributed by atoms with E-state index in [9.17, 15) is 4.79 Å². The number of imidazole rings is 1. The Bertz CT molecular complexity index is 427. The highest BCUT2D eigenvalue weighted by molar-refractivity contribution is 7.99. The maximum Gasteiger partial charge on any atom is 0.313 e. The summed E-state index contributed by atoms with van der Waals surface area (Å²) in [5.41, 5.74) is 0.970. The van der Waals surface area contributed by atoms with Crippen LogP contribution in [0.2, 0.25) is 0 Å². The first-order valence-electron chi connectivity index (χ1n) is 6.50. The van der Waals surface area contributed by atoms with Crippen molar-refractivity contribution in [1.82, 2.24) is 9.55 Å². The summed E-state index contributed by atoms with van der Waals surface area (Å²) in [6.45, 7) is 4.15. The lowest BCUT2D eigenvalue weighted by atomic mass is 10.1. The minimum Gasteiger partial charge on any atom is -0.481 e. The van der Waals surface area contributed by atoms with Crippen LogP contribution in [0, 0.1) is 12.8 Å². The van der Waals surface area contributed by atoms with Gasteiger partial charge in [-0.15, -0.1) is 0 Å². The van der Waals surface area contributed by atoms with E-state index in [2.05, 4.69) is 22.7 Å². The molecule has 1 aliphatic rings. The molecule has 1 fully saturated rings. The second kappa shape index (κ2) is 5.78. The molecule has 0 aromatic carbocycles. The van der Waals surface area contributed by atoms with Crippen LogP contribution in [0.3, 0.4) is 0 Å². The molecular formula is C13H20N2O2S. The molecule has 0 aliphatic heterocycles. The summed E-state index contributed by atoms with van der Waals surface area (Å²) in [6, 6.07) is 0.468. The highest BCUT2D eigenvalue weighted by Gasteiger charge is 2.26. The Labute approximate surface area is 112 Å².